The monoisotopic (exact) mass is 278 g/mol. The van der Waals surface area contributed by atoms with Crippen LogP contribution in [0.1, 0.15) is 39.5 Å². The van der Waals surface area contributed by atoms with E-state index in [2.05, 4.69) is 0 Å². The Morgan fingerprint density at radius 1 is 1.39 bits per heavy atom. The highest BCUT2D eigenvalue weighted by molar-refractivity contribution is 7.86. The summed E-state index contributed by atoms with van der Waals surface area (Å²) < 4.78 is 28.0. The van der Waals surface area contributed by atoms with E-state index in [1.165, 1.54) is 8.61 Å². The fraction of sp³-hybridized carbons (Fsp3) is 1.00. The fourth-order valence-corrected chi connectivity index (χ4v) is 4.36. The van der Waals surface area contributed by atoms with Crippen LogP contribution in [0.3, 0.4) is 0 Å². The molecular formula is C12H26N2O3S. The van der Waals surface area contributed by atoms with Crippen LogP contribution in [0.5, 0.6) is 0 Å². The SMILES string of the molecule is CCC(CC)N(C)S(=O)(=O)N1CCCC(CO)C1. The van der Waals surface area contributed by atoms with E-state index < -0.39 is 10.2 Å². The van der Waals surface area contributed by atoms with Gasteiger partial charge in [-0.1, -0.05) is 13.8 Å². The molecule has 1 aliphatic rings. The van der Waals surface area contributed by atoms with E-state index in [1.54, 1.807) is 7.05 Å². The minimum Gasteiger partial charge on any atom is -0.396 e. The van der Waals surface area contributed by atoms with Crippen LogP contribution >= 0.6 is 0 Å². The molecule has 0 aromatic carbocycles. The molecule has 1 N–H and O–H groups in total. The minimum atomic E-state index is -3.37. The summed E-state index contributed by atoms with van der Waals surface area (Å²) in [6.45, 7) is 5.10. The van der Waals surface area contributed by atoms with Gasteiger partial charge < -0.3 is 5.11 Å². The lowest BCUT2D eigenvalue weighted by atomic mass is 10.0. The molecule has 1 rings (SSSR count). The van der Waals surface area contributed by atoms with Gasteiger partial charge in [-0.2, -0.15) is 17.0 Å². The zero-order valence-corrected chi connectivity index (χ0v) is 12.5. The molecule has 1 atom stereocenters. The topological polar surface area (TPSA) is 60.9 Å². The average Bonchev–Trinajstić information content (AvgIpc) is 2.40. The molecule has 0 amide bonds. The van der Waals surface area contributed by atoms with Crippen molar-refractivity contribution in [2.45, 2.75) is 45.6 Å². The second-order valence-corrected chi connectivity index (χ2v) is 7.03. The van der Waals surface area contributed by atoms with Gasteiger partial charge >= 0.3 is 0 Å². The number of nitrogens with zero attached hydrogens (tertiary/aromatic N) is 2. The van der Waals surface area contributed by atoms with E-state index in [0.29, 0.717) is 13.1 Å². The van der Waals surface area contributed by atoms with Gasteiger partial charge in [0.25, 0.3) is 10.2 Å². The zero-order chi connectivity index (χ0) is 13.8. The van der Waals surface area contributed by atoms with Crippen LogP contribution in [0.4, 0.5) is 0 Å². The van der Waals surface area contributed by atoms with Crippen molar-refractivity contribution in [3.8, 4) is 0 Å². The third-order valence-corrected chi connectivity index (χ3v) is 5.90. The van der Waals surface area contributed by atoms with Crippen molar-refractivity contribution < 1.29 is 13.5 Å². The van der Waals surface area contributed by atoms with Crippen molar-refractivity contribution >= 4 is 10.2 Å². The van der Waals surface area contributed by atoms with Crippen LogP contribution in [-0.2, 0) is 10.2 Å². The molecule has 0 aliphatic carbocycles. The lowest BCUT2D eigenvalue weighted by Crippen LogP contribution is -2.50. The quantitative estimate of drug-likeness (QED) is 0.790. The lowest BCUT2D eigenvalue weighted by Gasteiger charge is -2.36. The average molecular weight is 278 g/mol. The Hall–Kier alpha value is -0.170. The summed E-state index contributed by atoms with van der Waals surface area (Å²) in [5, 5.41) is 9.18. The predicted molar refractivity (Wildman–Crippen MR) is 72.4 cm³/mol. The molecule has 1 aliphatic heterocycles. The van der Waals surface area contributed by atoms with Crippen LogP contribution in [-0.4, -0.2) is 54.9 Å². The molecule has 18 heavy (non-hydrogen) atoms. The summed E-state index contributed by atoms with van der Waals surface area (Å²) in [4.78, 5) is 0. The van der Waals surface area contributed by atoms with Crippen molar-refractivity contribution in [1.29, 1.82) is 0 Å². The Morgan fingerprint density at radius 3 is 2.50 bits per heavy atom. The van der Waals surface area contributed by atoms with Crippen molar-refractivity contribution in [3.05, 3.63) is 0 Å². The highest BCUT2D eigenvalue weighted by atomic mass is 32.2. The van der Waals surface area contributed by atoms with Crippen molar-refractivity contribution in [1.82, 2.24) is 8.61 Å². The molecule has 0 saturated carbocycles. The number of aliphatic hydroxyl groups excluding tert-OH is 1. The fourth-order valence-electron chi connectivity index (χ4n) is 2.56. The zero-order valence-electron chi connectivity index (χ0n) is 11.7. The van der Waals surface area contributed by atoms with E-state index >= 15 is 0 Å². The molecule has 6 heteroatoms. The van der Waals surface area contributed by atoms with Gasteiger partial charge in [0.05, 0.1) is 0 Å². The van der Waals surface area contributed by atoms with E-state index in [4.69, 9.17) is 0 Å². The molecule has 0 aromatic heterocycles. The summed E-state index contributed by atoms with van der Waals surface area (Å²) >= 11 is 0. The van der Waals surface area contributed by atoms with E-state index in [-0.39, 0.29) is 18.6 Å². The largest absolute Gasteiger partial charge is 0.396 e. The van der Waals surface area contributed by atoms with Crippen LogP contribution < -0.4 is 0 Å². The highest BCUT2D eigenvalue weighted by Gasteiger charge is 2.33. The van der Waals surface area contributed by atoms with E-state index in [9.17, 15) is 13.5 Å². The smallest absolute Gasteiger partial charge is 0.281 e. The summed E-state index contributed by atoms with van der Waals surface area (Å²) in [7, 11) is -1.71. The standard InChI is InChI=1S/C12H26N2O3S/c1-4-12(5-2)13(3)18(16,17)14-8-6-7-11(9-14)10-15/h11-12,15H,4-10H2,1-3H3. The van der Waals surface area contributed by atoms with E-state index in [1.807, 2.05) is 13.8 Å². The van der Waals surface area contributed by atoms with Crippen LogP contribution in [0.25, 0.3) is 0 Å². The van der Waals surface area contributed by atoms with E-state index in [0.717, 1.165) is 25.7 Å². The van der Waals surface area contributed by atoms with Crippen LogP contribution in [0.2, 0.25) is 0 Å². The Balaban J connectivity index is 2.78. The molecule has 5 nitrogen and oxygen atoms in total. The number of rotatable bonds is 6. The summed E-state index contributed by atoms with van der Waals surface area (Å²) in [6, 6.07) is 0.0597. The van der Waals surface area contributed by atoms with Crippen LogP contribution in [0.15, 0.2) is 0 Å². The second kappa shape index (κ2) is 6.84. The minimum absolute atomic E-state index is 0.0597. The predicted octanol–water partition coefficient (Wildman–Crippen LogP) is 1.06. The van der Waals surface area contributed by atoms with Crippen LogP contribution in [0, 0.1) is 5.92 Å². The molecule has 1 heterocycles. The van der Waals surface area contributed by atoms with Gasteiger partial charge in [0.15, 0.2) is 0 Å². The summed E-state index contributed by atoms with van der Waals surface area (Å²) in [5.74, 6) is 0.0867. The molecule has 1 unspecified atom stereocenters. The third-order valence-electron chi connectivity index (χ3n) is 3.89. The lowest BCUT2D eigenvalue weighted by molar-refractivity contribution is 0.159. The number of piperidine rings is 1. The first kappa shape index (κ1) is 15.9. The number of hydrogen-bond donors (Lipinski definition) is 1. The van der Waals surface area contributed by atoms with Crippen molar-refractivity contribution in [2.24, 2.45) is 5.92 Å². The Labute approximate surface area is 111 Å². The molecular weight excluding hydrogens is 252 g/mol. The maximum Gasteiger partial charge on any atom is 0.281 e. The molecule has 0 radical (unpaired) electrons. The van der Waals surface area contributed by atoms with Crippen molar-refractivity contribution in [2.75, 3.05) is 26.7 Å². The first-order valence-electron chi connectivity index (χ1n) is 6.81. The molecule has 0 aromatic rings. The first-order valence-corrected chi connectivity index (χ1v) is 8.20. The molecule has 0 spiro atoms. The normalized spacial score (nSPS) is 22.9. The first-order chi connectivity index (χ1) is 8.47. The van der Waals surface area contributed by atoms with Gasteiger partial charge in [-0.25, -0.2) is 0 Å². The van der Waals surface area contributed by atoms with Gasteiger partial charge in [-0.05, 0) is 31.6 Å². The number of hydrogen-bond acceptors (Lipinski definition) is 3. The Kier molecular flexibility index (Phi) is 6.04. The van der Waals surface area contributed by atoms with Gasteiger partial charge in [0.1, 0.15) is 0 Å². The maximum atomic E-state index is 12.5. The Morgan fingerprint density at radius 2 is 2.00 bits per heavy atom. The molecule has 0 bridgehead atoms. The summed E-state index contributed by atoms with van der Waals surface area (Å²) in [6.07, 6.45) is 3.39. The second-order valence-electron chi connectivity index (χ2n) is 5.04. The highest BCUT2D eigenvalue weighted by Crippen LogP contribution is 2.22. The summed E-state index contributed by atoms with van der Waals surface area (Å²) in [5.41, 5.74) is 0. The van der Waals surface area contributed by atoms with Crippen molar-refractivity contribution in [3.63, 3.8) is 0 Å². The van der Waals surface area contributed by atoms with Gasteiger partial charge in [-0.15, -0.1) is 0 Å². The molecule has 1 saturated heterocycles. The van der Waals surface area contributed by atoms with Gasteiger partial charge in [-0.3, -0.25) is 0 Å². The van der Waals surface area contributed by atoms with Gasteiger partial charge in [0, 0.05) is 32.8 Å². The van der Waals surface area contributed by atoms with Gasteiger partial charge in [0.2, 0.25) is 0 Å². The Bertz CT molecular complexity index is 341. The molecule has 1 fully saturated rings. The third kappa shape index (κ3) is 3.44. The molecule has 108 valence electrons. The number of aliphatic hydroxyl groups is 1. The maximum absolute atomic E-state index is 12.5.